The van der Waals surface area contributed by atoms with E-state index in [1.54, 1.807) is 0 Å². The number of hydrogen-bond donors (Lipinski definition) is 0. The highest BCUT2D eigenvalue weighted by molar-refractivity contribution is 7.87. The second-order valence-corrected chi connectivity index (χ2v) is 5.96. The average molecular weight is 321 g/mol. The standard InChI is InChI=1S/C12H7Cl2FO3S/c13-8-2-1-3-10(6-8)19(16,17)18-12-5-4-9(15)7-11(12)14/h1-7H. The molecule has 0 heterocycles. The molecule has 3 nitrogen and oxygen atoms in total. The quantitative estimate of drug-likeness (QED) is 0.805. The third-order valence-electron chi connectivity index (χ3n) is 2.18. The molecule has 0 amide bonds. The number of rotatable bonds is 3. The first kappa shape index (κ1) is 14.1. The lowest BCUT2D eigenvalue weighted by Gasteiger charge is -2.08. The van der Waals surface area contributed by atoms with Gasteiger partial charge in [0.25, 0.3) is 0 Å². The van der Waals surface area contributed by atoms with E-state index in [2.05, 4.69) is 0 Å². The molecule has 2 aromatic carbocycles. The molecule has 0 unspecified atom stereocenters. The monoisotopic (exact) mass is 320 g/mol. The topological polar surface area (TPSA) is 43.4 Å². The highest BCUT2D eigenvalue weighted by Crippen LogP contribution is 2.28. The zero-order valence-electron chi connectivity index (χ0n) is 9.31. The van der Waals surface area contributed by atoms with Crippen molar-refractivity contribution in [3.05, 3.63) is 58.3 Å². The predicted octanol–water partition coefficient (Wildman–Crippen LogP) is 3.90. The van der Waals surface area contributed by atoms with Gasteiger partial charge in [0.2, 0.25) is 0 Å². The third kappa shape index (κ3) is 3.37. The molecule has 0 aliphatic heterocycles. The Balaban J connectivity index is 2.36. The van der Waals surface area contributed by atoms with Gasteiger partial charge in [0.1, 0.15) is 10.7 Å². The van der Waals surface area contributed by atoms with Gasteiger partial charge >= 0.3 is 10.1 Å². The van der Waals surface area contributed by atoms with E-state index in [-0.39, 0.29) is 20.7 Å². The van der Waals surface area contributed by atoms with Crippen LogP contribution in [0.5, 0.6) is 5.75 Å². The summed E-state index contributed by atoms with van der Waals surface area (Å²) in [7, 11) is -4.06. The molecule has 0 fully saturated rings. The van der Waals surface area contributed by atoms with Gasteiger partial charge in [0, 0.05) is 5.02 Å². The minimum atomic E-state index is -4.06. The van der Waals surface area contributed by atoms with Crippen LogP contribution in [0, 0.1) is 5.82 Å². The van der Waals surface area contributed by atoms with Crippen molar-refractivity contribution in [3.63, 3.8) is 0 Å². The van der Waals surface area contributed by atoms with Crippen molar-refractivity contribution in [1.29, 1.82) is 0 Å². The summed E-state index contributed by atoms with van der Waals surface area (Å²) < 4.78 is 41.6. The molecule has 0 aromatic heterocycles. The maximum absolute atomic E-state index is 12.8. The van der Waals surface area contributed by atoms with Gasteiger partial charge in [0.05, 0.1) is 5.02 Å². The molecular formula is C12H7Cl2FO3S. The van der Waals surface area contributed by atoms with E-state index in [9.17, 15) is 12.8 Å². The molecule has 0 atom stereocenters. The normalized spacial score (nSPS) is 11.3. The van der Waals surface area contributed by atoms with Gasteiger partial charge in [0.15, 0.2) is 5.75 Å². The van der Waals surface area contributed by atoms with Gasteiger partial charge in [-0.05, 0) is 36.4 Å². The van der Waals surface area contributed by atoms with E-state index in [4.69, 9.17) is 27.4 Å². The second kappa shape index (κ2) is 5.36. The first-order valence-corrected chi connectivity index (χ1v) is 7.20. The first-order chi connectivity index (χ1) is 8.88. The van der Waals surface area contributed by atoms with Crippen LogP contribution in [-0.4, -0.2) is 8.42 Å². The minimum Gasteiger partial charge on any atom is -0.377 e. The van der Waals surface area contributed by atoms with Gasteiger partial charge in [-0.15, -0.1) is 0 Å². The fraction of sp³-hybridized carbons (Fsp3) is 0. The smallest absolute Gasteiger partial charge is 0.339 e. The summed E-state index contributed by atoms with van der Waals surface area (Å²) in [5.41, 5.74) is 0. The Kier molecular flexibility index (Phi) is 3.99. The first-order valence-electron chi connectivity index (χ1n) is 5.03. The lowest BCUT2D eigenvalue weighted by Crippen LogP contribution is -2.10. The molecule has 0 bridgehead atoms. The van der Waals surface area contributed by atoms with E-state index in [0.717, 1.165) is 18.2 Å². The molecule has 2 aromatic rings. The van der Waals surface area contributed by atoms with Gasteiger partial charge < -0.3 is 4.18 Å². The molecule has 19 heavy (non-hydrogen) atoms. The van der Waals surface area contributed by atoms with Crippen LogP contribution in [0.1, 0.15) is 0 Å². The lowest BCUT2D eigenvalue weighted by atomic mass is 10.3. The second-order valence-electron chi connectivity index (χ2n) is 3.57. The molecule has 0 aliphatic rings. The molecule has 0 N–H and O–H groups in total. The lowest BCUT2D eigenvalue weighted by molar-refractivity contribution is 0.485. The summed E-state index contributed by atoms with van der Waals surface area (Å²) >= 11 is 11.4. The zero-order valence-corrected chi connectivity index (χ0v) is 11.6. The van der Waals surface area contributed by atoms with Crippen molar-refractivity contribution in [2.75, 3.05) is 0 Å². The molecule has 0 radical (unpaired) electrons. The van der Waals surface area contributed by atoms with Crippen LogP contribution in [0.3, 0.4) is 0 Å². The van der Waals surface area contributed by atoms with Crippen LogP contribution >= 0.6 is 23.2 Å². The van der Waals surface area contributed by atoms with Crippen LogP contribution in [0.2, 0.25) is 10.0 Å². The van der Waals surface area contributed by atoms with Crippen LogP contribution in [-0.2, 0) is 10.1 Å². The Labute approximate surface area is 119 Å². The molecule has 2 rings (SSSR count). The van der Waals surface area contributed by atoms with E-state index in [1.165, 1.54) is 24.3 Å². The highest BCUT2D eigenvalue weighted by atomic mass is 35.5. The molecule has 7 heteroatoms. The maximum Gasteiger partial charge on any atom is 0.339 e. The number of benzene rings is 2. The minimum absolute atomic E-state index is 0.111. The van der Waals surface area contributed by atoms with Gasteiger partial charge in [-0.1, -0.05) is 29.3 Å². The van der Waals surface area contributed by atoms with Crippen molar-refractivity contribution in [2.24, 2.45) is 0 Å². The van der Waals surface area contributed by atoms with Crippen molar-refractivity contribution < 1.29 is 17.0 Å². The fourth-order valence-electron chi connectivity index (χ4n) is 1.33. The summed E-state index contributed by atoms with van der Waals surface area (Å²) in [6, 6.07) is 8.74. The molecule has 0 saturated heterocycles. The van der Waals surface area contributed by atoms with E-state index < -0.39 is 15.9 Å². The molecule has 0 aliphatic carbocycles. The largest absolute Gasteiger partial charge is 0.377 e. The molecule has 0 spiro atoms. The third-order valence-corrected chi connectivity index (χ3v) is 3.94. The Bertz CT molecular complexity index is 717. The Morgan fingerprint density at radius 1 is 1.05 bits per heavy atom. The van der Waals surface area contributed by atoms with Crippen LogP contribution in [0.4, 0.5) is 4.39 Å². The van der Waals surface area contributed by atoms with E-state index >= 15 is 0 Å². The average Bonchev–Trinajstić information content (AvgIpc) is 2.33. The molecule has 100 valence electrons. The van der Waals surface area contributed by atoms with Crippen LogP contribution < -0.4 is 4.18 Å². The summed E-state index contributed by atoms with van der Waals surface area (Å²) in [6.07, 6.45) is 0. The number of hydrogen-bond acceptors (Lipinski definition) is 3. The molecule has 0 saturated carbocycles. The Hall–Kier alpha value is -1.30. The highest BCUT2D eigenvalue weighted by Gasteiger charge is 2.18. The Morgan fingerprint density at radius 2 is 1.79 bits per heavy atom. The van der Waals surface area contributed by atoms with Gasteiger partial charge in [-0.3, -0.25) is 0 Å². The summed E-state index contributed by atoms with van der Waals surface area (Å²) in [6.45, 7) is 0. The molecular weight excluding hydrogens is 314 g/mol. The van der Waals surface area contributed by atoms with Crippen LogP contribution in [0.25, 0.3) is 0 Å². The number of halogens is 3. The fourth-order valence-corrected chi connectivity index (χ4v) is 2.83. The summed E-state index contributed by atoms with van der Waals surface area (Å²) in [4.78, 5) is -0.111. The van der Waals surface area contributed by atoms with Gasteiger partial charge in [-0.25, -0.2) is 4.39 Å². The summed E-state index contributed by atoms with van der Waals surface area (Å²) in [5.74, 6) is -0.736. The van der Waals surface area contributed by atoms with Crippen molar-refractivity contribution in [2.45, 2.75) is 4.90 Å². The summed E-state index contributed by atoms with van der Waals surface area (Å²) in [5, 5.41) is 0.125. The SMILES string of the molecule is O=S(=O)(Oc1ccc(F)cc1Cl)c1cccc(Cl)c1. The van der Waals surface area contributed by atoms with E-state index in [1.807, 2.05) is 0 Å². The predicted molar refractivity (Wildman–Crippen MR) is 70.7 cm³/mol. The van der Waals surface area contributed by atoms with Crippen LogP contribution in [0.15, 0.2) is 47.4 Å². The van der Waals surface area contributed by atoms with Crippen molar-refractivity contribution in [3.8, 4) is 5.75 Å². The van der Waals surface area contributed by atoms with E-state index in [0.29, 0.717) is 0 Å². The zero-order chi connectivity index (χ0) is 14.0. The Morgan fingerprint density at radius 3 is 2.42 bits per heavy atom. The maximum atomic E-state index is 12.8. The van der Waals surface area contributed by atoms with Crippen molar-refractivity contribution in [1.82, 2.24) is 0 Å². The van der Waals surface area contributed by atoms with Crippen molar-refractivity contribution >= 4 is 33.3 Å². The van der Waals surface area contributed by atoms with Gasteiger partial charge in [-0.2, -0.15) is 8.42 Å².